The van der Waals surface area contributed by atoms with Gasteiger partial charge in [0.1, 0.15) is 18.7 Å². The van der Waals surface area contributed by atoms with Gasteiger partial charge in [-0.1, -0.05) is 0 Å². The molecule has 6 nitrogen and oxygen atoms in total. The summed E-state index contributed by atoms with van der Waals surface area (Å²) in [5.41, 5.74) is 0.357. The average molecular weight is 264 g/mol. The van der Waals surface area contributed by atoms with Crippen LogP contribution in [0, 0.1) is 5.82 Å². The van der Waals surface area contributed by atoms with Crippen LogP contribution in [0.25, 0.3) is 0 Å². The highest BCUT2D eigenvalue weighted by Crippen LogP contribution is 2.21. The number of carbonyl (C=O) groups is 1. The Morgan fingerprint density at radius 2 is 2.32 bits per heavy atom. The largest absolute Gasteiger partial charge is 0.494 e. The Hall–Kier alpha value is -2.44. The molecule has 1 atom stereocenters. The van der Waals surface area contributed by atoms with Crippen molar-refractivity contribution in [3.05, 3.63) is 36.7 Å². The van der Waals surface area contributed by atoms with Crippen molar-refractivity contribution in [3.8, 4) is 5.75 Å². The standard InChI is InChI=1S/C12H13FN4O2/c1-8(17-7-14-6-15-17)12(18)16-9-3-4-11(19-2)10(13)5-9/h3-8H,1-2H3,(H,16,18)/t8-/m0/s1. The molecule has 1 N–H and O–H groups in total. The van der Waals surface area contributed by atoms with Crippen LogP contribution in [-0.4, -0.2) is 27.8 Å². The number of halogens is 1. The number of rotatable bonds is 4. The number of carbonyl (C=O) groups excluding carboxylic acids is 1. The number of nitrogens with one attached hydrogen (secondary N) is 1. The van der Waals surface area contributed by atoms with Crippen LogP contribution in [-0.2, 0) is 4.79 Å². The van der Waals surface area contributed by atoms with Gasteiger partial charge in [-0.2, -0.15) is 5.10 Å². The molecule has 0 aliphatic heterocycles. The Kier molecular flexibility index (Phi) is 3.74. The molecular formula is C12H13FN4O2. The minimum Gasteiger partial charge on any atom is -0.494 e. The van der Waals surface area contributed by atoms with Crippen LogP contribution in [0.15, 0.2) is 30.9 Å². The zero-order chi connectivity index (χ0) is 13.8. The minimum atomic E-state index is -0.535. The first-order valence-corrected chi connectivity index (χ1v) is 5.60. The van der Waals surface area contributed by atoms with E-state index >= 15 is 0 Å². The van der Waals surface area contributed by atoms with E-state index in [0.717, 1.165) is 0 Å². The van der Waals surface area contributed by atoms with Gasteiger partial charge in [-0.25, -0.2) is 14.1 Å². The van der Waals surface area contributed by atoms with Crippen molar-refractivity contribution in [2.24, 2.45) is 0 Å². The number of hydrogen-bond donors (Lipinski definition) is 1. The Labute approximate surface area is 109 Å². The highest BCUT2D eigenvalue weighted by atomic mass is 19.1. The summed E-state index contributed by atoms with van der Waals surface area (Å²) in [6.07, 6.45) is 2.79. The lowest BCUT2D eigenvalue weighted by atomic mass is 10.2. The molecule has 2 rings (SSSR count). The van der Waals surface area contributed by atoms with Gasteiger partial charge in [0.15, 0.2) is 11.6 Å². The van der Waals surface area contributed by atoms with Crippen LogP contribution in [0.3, 0.4) is 0 Å². The predicted octanol–water partition coefficient (Wildman–Crippen LogP) is 1.63. The van der Waals surface area contributed by atoms with Crippen LogP contribution in [0.1, 0.15) is 13.0 Å². The second-order valence-electron chi connectivity index (χ2n) is 3.89. The molecule has 0 aliphatic rings. The van der Waals surface area contributed by atoms with Gasteiger partial charge in [-0.15, -0.1) is 0 Å². The fourth-order valence-electron chi connectivity index (χ4n) is 1.53. The van der Waals surface area contributed by atoms with E-state index in [9.17, 15) is 9.18 Å². The third-order valence-electron chi connectivity index (χ3n) is 2.63. The van der Waals surface area contributed by atoms with Crippen LogP contribution < -0.4 is 10.1 Å². The number of hydrogen-bond acceptors (Lipinski definition) is 4. The first kappa shape index (κ1) is 13.0. The van der Waals surface area contributed by atoms with Gasteiger partial charge in [0.05, 0.1) is 7.11 Å². The molecule has 19 heavy (non-hydrogen) atoms. The van der Waals surface area contributed by atoms with E-state index in [-0.39, 0.29) is 11.7 Å². The van der Waals surface area contributed by atoms with Crippen LogP contribution in [0.4, 0.5) is 10.1 Å². The molecule has 0 aliphatic carbocycles. The maximum atomic E-state index is 13.5. The summed E-state index contributed by atoms with van der Waals surface area (Å²) in [7, 11) is 1.38. The molecule has 1 amide bonds. The summed E-state index contributed by atoms with van der Waals surface area (Å²) in [6, 6.07) is 3.68. The monoisotopic (exact) mass is 264 g/mol. The third-order valence-corrected chi connectivity index (χ3v) is 2.63. The summed E-state index contributed by atoms with van der Waals surface area (Å²) >= 11 is 0. The molecule has 0 saturated carbocycles. The quantitative estimate of drug-likeness (QED) is 0.911. The zero-order valence-corrected chi connectivity index (χ0v) is 10.5. The number of aromatic nitrogens is 3. The van der Waals surface area contributed by atoms with E-state index in [4.69, 9.17) is 4.74 Å². The molecule has 0 radical (unpaired) electrons. The molecule has 100 valence electrons. The normalized spacial score (nSPS) is 11.9. The van der Waals surface area contributed by atoms with Crippen LogP contribution in [0.2, 0.25) is 0 Å². The number of ether oxygens (including phenoxy) is 1. The summed E-state index contributed by atoms with van der Waals surface area (Å²) < 4.78 is 19.7. The van der Waals surface area contributed by atoms with E-state index in [0.29, 0.717) is 5.69 Å². The summed E-state index contributed by atoms with van der Waals surface area (Å²) in [5.74, 6) is -0.717. The van der Waals surface area contributed by atoms with Gasteiger partial charge < -0.3 is 10.1 Å². The topological polar surface area (TPSA) is 69.0 Å². The minimum absolute atomic E-state index is 0.127. The molecular weight excluding hydrogens is 251 g/mol. The summed E-state index contributed by atoms with van der Waals surface area (Å²) in [6.45, 7) is 1.67. The van der Waals surface area contributed by atoms with E-state index in [1.807, 2.05) is 0 Å². The lowest BCUT2D eigenvalue weighted by Crippen LogP contribution is -2.24. The molecule has 2 aromatic rings. The average Bonchev–Trinajstić information content (AvgIpc) is 2.92. The van der Waals surface area contributed by atoms with Crippen molar-refractivity contribution in [3.63, 3.8) is 0 Å². The van der Waals surface area contributed by atoms with E-state index in [1.165, 1.54) is 36.6 Å². The third kappa shape index (κ3) is 2.87. The van der Waals surface area contributed by atoms with Crippen LogP contribution >= 0.6 is 0 Å². The Bertz CT molecular complexity index is 571. The summed E-state index contributed by atoms with van der Waals surface area (Å²) in [5, 5.41) is 6.47. The molecule has 1 heterocycles. The second-order valence-corrected chi connectivity index (χ2v) is 3.89. The van der Waals surface area contributed by atoms with Gasteiger partial charge in [0, 0.05) is 11.8 Å². The van der Waals surface area contributed by atoms with Gasteiger partial charge in [-0.3, -0.25) is 4.79 Å². The van der Waals surface area contributed by atoms with E-state index in [2.05, 4.69) is 15.4 Å². The Morgan fingerprint density at radius 1 is 1.53 bits per heavy atom. The maximum Gasteiger partial charge on any atom is 0.249 e. The smallest absolute Gasteiger partial charge is 0.249 e. The van der Waals surface area contributed by atoms with Crippen molar-refractivity contribution in [1.29, 1.82) is 0 Å². The van der Waals surface area contributed by atoms with Crippen molar-refractivity contribution < 1.29 is 13.9 Å². The summed E-state index contributed by atoms with van der Waals surface area (Å²) in [4.78, 5) is 15.7. The molecule has 7 heteroatoms. The maximum absolute atomic E-state index is 13.5. The molecule has 1 aromatic carbocycles. The molecule has 0 spiro atoms. The fraction of sp³-hybridized carbons (Fsp3) is 0.250. The number of methoxy groups -OCH3 is 1. The molecule has 0 bridgehead atoms. The van der Waals surface area contributed by atoms with Crippen molar-refractivity contribution in [2.45, 2.75) is 13.0 Å². The number of benzene rings is 1. The Balaban J connectivity index is 2.09. The number of nitrogens with zero attached hydrogens (tertiary/aromatic N) is 3. The lowest BCUT2D eigenvalue weighted by Gasteiger charge is -2.12. The van der Waals surface area contributed by atoms with Crippen molar-refractivity contribution >= 4 is 11.6 Å². The highest BCUT2D eigenvalue weighted by Gasteiger charge is 2.16. The second kappa shape index (κ2) is 5.47. The highest BCUT2D eigenvalue weighted by molar-refractivity contribution is 5.93. The van der Waals surface area contributed by atoms with Crippen molar-refractivity contribution in [1.82, 2.24) is 14.8 Å². The van der Waals surface area contributed by atoms with Gasteiger partial charge >= 0.3 is 0 Å². The molecule has 0 saturated heterocycles. The lowest BCUT2D eigenvalue weighted by molar-refractivity contribution is -0.119. The number of anilines is 1. The number of amides is 1. The fourth-order valence-corrected chi connectivity index (χ4v) is 1.53. The zero-order valence-electron chi connectivity index (χ0n) is 10.5. The van der Waals surface area contributed by atoms with Gasteiger partial charge in [0.25, 0.3) is 0 Å². The molecule has 0 unspecified atom stereocenters. The molecule has 0 fully saturated rings. The SMILES string of the molecule is COc1ccc(NC(=O)[C@H](C)n2cncn2)cc1F. The molecule has 1 aromatic heterocycles. The van der Waals surface area contributed by atoms with E-state index < -0.39 is 11.9 Å². The van der Waals surface area contributed by atoms with Gasteiger partial charge in [0.2, 0.25) is 5.91 Å². The predicted molar refractivity (Wildman–Crippen MR) is 66.3 cm³/mol. The van der Waals surface area contributed by atoms with Crippen LogP contribution in [0.5, 0.6) is 5.75 Å². The first-order valence-electron chi connectivity index (χ1n) is 5.60. The van der Waals surface area contributed by atoms with Gasteiger partial charge in [-0.05, 0) is 19.1 Å². The first-order chi connectivity index (χ1) is 9.11. The Morgan fingerprint density at radius 3 is 2.89 bits per heavy atom. The van der Waals surface area contributed by atoms with Crippen molar-refractivity contribution in [2.75, 3.05) is 12.4 Å². The van der Waals surface area contributed by atoms with E-state index in [1.54, 1.807) is 13.0 Å².